The van der Waals surface area contributed by atoms with Crippen LogP contribution >= 0.6 is 0 Å². The van der Waals surface area contributed by atoms with Crippen LogP contribution in [0.2, 0.25) is 0 Å². The predicted octanol–water partition coefficient (Wildman–Crippen LogP) is 2.70. The van der Waals surface area contributed by atoms with Crippen molar-refractivity contribution in [3.63, 3.8) is 0 Å². The number of methoxy groups -OCH3 is 1. The lowest BCUT2D eigenvalue weighted by Crippen LogP contribution is -2.30. The third-order valence-corrected chi connectivity index (χ3v) is 5.45. The minimum atomic E-state index is -0.586. The summed E-state index contributed by atoms with van der Waals surface area (Å²) in [7, 11) is 1.48. The van der Waals surface area contributed by atoms with Gasteiger partial charge in [-0.3, -0.25) is 9.59 Å². The number of ether oxygens (including phenoxy) is 4. The summed E-state index contributed by atoms with van der Waals surface area (Å²) in [6.45, 7) is 1.66. The molecule has 0 aliphatic carbocycles. The van der Waals surface area contributed by atoms with E-state index in [2.05, 4.69) is 0 Å². The highest BCUT2D eigenvalue weighted by molar-refractivity contribution is 5.95. The lowest BCUT2D eigenvalue weighted by Gasteiger charge is -2.26. The van der Waals surface area contributed by atoms with E-state index < -0.39 is 5.91 Å². The Hall–Kier alpha value is -3.42. The molecule has 1 saturated heterocycles. The Morgan fingerprint density at radius 2 is 1.87 bits per heavy atom. The Morgan fingerprint density at radius 1 is 1.06 bits per heavy atom. The van der Waals surface area contributed by atoms with Crippen molar-refractivity contribution in [1.29, 1.82) is 0 Å². The quantitative estimate of drug-likeness (QED) is 0.762. The van der Waals surface area contributed by atoms with Gasteiger partial charge in [-0.15, -0.1) is 0 Å². The fourth-order valence-electron chi connectivity index (χ4n) is 3.98. The number of carbonyl (C=O) groups is 2. The number of hydrogen-bond donors (Lipinski definition) is 1. The van der Waals surface area contributed by atoms with E-state index in [4.69, 9.17) is 24.7 Å². The number of carbonyl (C=O) groups excluding carboxylic acids is 2. The molecule has 2 heterocycles. The number of nitrogens with zero attached hydrogens (tertiary/aromatic N) is 1. The van der Waals surface area contributed by atoms with E-state index in [-0.39, 0.29) is 18.6 Å². The molecule has 2 aromatic rings. The molecule has 8 heteroatoms. The van der Waals surface area contributed by atoms with Crippen LogP contribution in [-0.2, 0) is 4.79 Å². The largest absolute Gasteiger partial charge is 0.493 e. The van der Waals surface area contributed by atoms with Crippen LogP contribution in [0.5, 0.6) is 23.0 Å². The van der Waals surface area contributed by atoms with E-state index >= 15 is 0 Å². The smallest absolute Gasteiger partial charge is 0.255 e. The van der Waals surface area contributed by atoms with Crippen LogP contribution in [0.15, 0.2) is 36.4 Å². The zero-order valence-corrected chi connectivity index (χ0v) is 17.5. The molecule has 0 bridgehead atoms. The van der Waals surface area contributed by atoms with Gasteiger partial charge in [-0.2, -0.15) is 0 Å². The van der Waals surface area contributed by atoms with Gasteiger partial charge in [-0.25, -0.2) is 0 Å². The maximum Gasteiger partial charge on any atom is 0.255 e. The Labute approximate surface area is 180 Å². The molecule has 31 heavy (non-hydrogen) atoms. The van der Waals surface area contributed by atoms with Gasteiger partial charge in [0, 0.05) is 18.5 Å². The van der Waals surface area contributed by atoms with Crippen LogP contribution in [0.1, 0.15) is 41.2 Å². The van der Waals surface area contributed by atoms with Crippen LogP contribution < -0.4 is 24.7 Å². The van der Waals surface area contributed by atoms with E-state index in [1.54, 1.807) is 18.2 Å². The fraction of sp³-hybridized carbons (Fsp3) is 0.391. The molecule has 0 unspecified atom stereocenters. The maximum absolute atomic E-state index is 13.3. The highest BCUT2D eigenvalue weighted by atomic mass is 16.5. The molecule has 2 amide bonds. The van der Waals surface area contributed by atoms with Gasteiger partial charge < -0.3 is 29.6 Å². The summed E-state index contributed by atoms with van der Waals surface area (Å²) in [5.74, 6) is 1.53. The van der Waals surface area contributed by atoms with Gasteiger partial charge in [0.15, 0.2) is 29.6 Å². The Balaban J connectivity index is 1.55. The van der Waals surface area contributed by atoms with Crippen molar-refractivity contribution in [3.05, 3.63) is 47.5 Å². The minimum Gasteiger partial charge on any atom is -0.493 e. The molecule has 8 nitrogen and oxygen atoms in total. The summed E-state index contributed by atoms with van der Waals surface area (Å²) in [5.41, 5.74) is 6.65. The number of rotatable bonds is 6. The number of benzene rings is 2. The zero-order chi connectivity index (χ0) is 21.8. The molecule has 0 saturated carbocycles. The van der Waals surface area contributed by atoms with Gasteiger partial charge in [0.2, 0.25) is 0 Å². The second-order valence-electron chi connectivity index (χ2n) is 7.53. The molecule has 1 fully saturated rings. The Kier molecular flexibility index (Phi) is 6.16. The van der Waals surface area contributed by atoms with Crippen molar-refractivity contribution >= 4 is 11.8 Å². The first kappa shape index (κ1) is 20.8. The minimum absolute atomic E-state index is 0.0403. The third kappa shape index (κ3) is 4.52. The lowest BCUT2D eigenvalue weighted by atomic mass is 10.0. The molecule has 0 aromatic heterocycles. The van der Waals surface area contributed by atoms with Crippen LogP contribution in [0.4, 0.5) is 0 Å². The van der Waals surface area contributed by atoms with Crippen molar-refractivity contribution in [2.45, 2.75) is 25.3 Å². The molecule has 0 spiro atoms. The van der Waals surface area contributed by atoms with Crippen molar-refractivity contribution in [1.82, 2.24) is 4.90 Å². The number of likely N-dealkylation sites (tertiary alicyclic amines) is 1. The van der Waals surface area contributed by atoms with E-state index in [1.165, 1.54) is 7.11 Å². The standard InChI is InChI=1S/C23H26N2O6/c1-28-20-13-16(6-8-18(20)31-14-22(24)26)23(27)25-9-2-4-17(25)15-5-7-19-21(12-15)30-11-3-10-29-19/h5-8,12-13,17H,2-4,9-11,14H2,1H3,(H2,24,26)/t17-/m1/s1. The second kappa shape index (κ2) is 9.16. The first-order chi connectivity index (χ1) is 15.1. The van der Waals surface area contributed by atoms with Gasteiger partial charge in [0.25, 0.3) is 11.8 Å². The van der Waals surface area contributed by atoms with Crippen LogP contribution in [0, 0.1) is 0 Å². The third-order valence-electron chi connectivity index (χ3n) is 5.45. The molecule has 1 atom stereocenters. The number of nitrogens with two attached hydrogens (primary N) is 1. The summed E-state index contributed by atoms with van der Waals surface area (Å²) in [4.78, 5) is 26.2. The van der Waals surface area contributed by atoms with E-state index in [0.29, 0.717) is 36.8 Å². The monoisotopic (exact) mass is 426 g/mol. The number of fused-ring (bicyclic) bond motifs is 1. The molecule has 2 aliphatic rings. The van der Waals surface area contributed by atoms with Gasteiger partial charge in [-0.05, 0) is 48.7 Å². The lowest BCUT2D eigenvalue weighted by molar-refractivity contribution is -0.119. The Bertz CT molecular complexity index is 977. The molecule has 164 valence electrons. The molecular formula is C23H26N2O6. The van der Waals surface area contributed by atoms with Gasteiger partial charge in [0.05, 0.1) is 26.4 Å². The van der Waals surface area contributed by atoms with Gasteiger partial charge >= 0.3 is 0 Å². The van der Waals surface area contributed by atoms with Crippen molar-refractivity contribution < 1.29 is 28.5 Å². The molecule has 2 N–H and O–H groups in total. The van der Waals surface area contributed by atoms with E-state index in [1.807, 2.05) is 23.1 Å². The van der Waals surface area contributed by atoms with Crippen LogP contribution in [-0.4, -0.2) is 50.2 Å². The summed E-state index contributed by atoms with van der Waals surface area (Å²) in [5, 5.41) is 0. The maximum atomic E-state index is 13.3. The normalized spacial score (nSPS) is 17.7. The molecule has 0 radical (unpaired) electrons. The Morgan fingerprint density at radius 3 is 2.65 bits per heavy atom. The first-order valence-electron chi connectivity index (χ1n) is 10.4. The summed E-state index contributed by atoms with van der Waals surface area (Å²) in [6.07, 6.45) is 2.64. The highest BCUT2D eigenvalue weighted by Crippen LogP contribution is 2.39. The number of primary amides is 1. The van der Waals surface area contributed by atoms with Crippen molar-refractivity contribution in [3.8, 4) is 23.0 Å². The molecule has 2 aromatic carbocycles. The van der Waals surface area contributed by atoms with Gasteiger partial charge in [0.1, 0.15) is 0 Å². The fourth-order valence-corrected chi connectivity index (χ4v) is 3.98. The van der Waals surface area contributed by atoms with E-state index in [0.717, 1.165) is 36.3 Å². The summed E-state index contributed by atoms with van der Waals surface area (Å²) < 4.78 is 22.2. The zero-order valence-electron chi connectivity index (χ0n) is 17.5. The number of hydrogen-bond acceptors (Lipinski definition) is 6. The molecule has 2 aliphatic heterocycles. The highest BCUT2D eigenvalue weighted by Gasteiger charge is 2.32. The van der Waals surface area contributed by atoms with Gasteiger partial charge in [-0.1, -0.05) is 6.07 Å². The molecule has 4 rings (SSSR count). The molecular weight excluding hydrogens is 400 g/mol. The van der Waals surface area contributed by atoms with E-state index in [9.17, 15) is 9.59 Å². The van der Waals surface area contributed by atoms with Crippen molar-refractivity contribution in [2.75, 3.05) is 33.5 Å². The number of amides is 2. The van der Waals surface area contributed by atoms with Crippen LogP contribution in [0.25, 0.3) is 0 Å². The average molecular weight is 426 g/mol. The topological polar surface area (TPSA) is 100 Å². The summed E-state index contributed by atoms with van der Waals surface area (Å²) in [6, 6.07) is 10.8. The predicted molar refractivity (Wildman–Crippen MR) is 113 cm³/mol. The average Bonchev–Trinajstić information content (AvgIpc) is 3.15. The first-order valence-corrected chi connectivity index (χ1v) is 10.4. The second-order valence-corrected chi connectivity index (χ2v) is 7.53. The SMILES string of the molecule is COc1cc(C(=O)N2CCC[C@@H]2c2ccc3c(c2)OCCCO3)ccc1OCC(N)=O. The van der Waals surface area contributed by atoms with Crippen LogP contribution in [0.3, 0.4) is 0 Å². The van der Waals surface area contributed by atoms with Crippen molar-refractivity contribution in [2.24, 2.45) is 5.73 Å². The summed E-state index contributed by atoms with van der Waals surface area (Å²) >= 11 is 0.